The number of hydrogen-bond acceptors (Lipinski definition) is 17. The first-order valence-electron chi connectivity index (χ1n) is 24.6. The Balaban J connectivity index is 0.000000188. The van der Waals surface area contributed by atoms with Gasteiger partial charge in [0.1, 0.15) is 11.6 Å². The molecule has 0 aliphatic carbocycles. The van der Waals surface area contributed by atoms with Crippen LogP contribution in [-0.4, -0.2) is 142 Å². The highest BCUT2D eigenvalue weighted by Crippen LogP contribution is 2.37. The van der Waals surface area contributed by atoms with Crippen LogP contribution < -0.4 is 9.80 Å². The molecule has 0 spiro atoms. The first-order valence-corrected chi connectivity index (χ1v) is 30.1. The van der Waals surface area contributed by atoms with Gasteiger partial charge in [-0.3, -0.25) is 9.59 Å². The minimum Gasteiger partial charge on any atom is -0.481 e. The van der Waals surface area contributed by atoms with Crippen molar-refractivity contribution in [3.05, 3.63) is 118 Å². The van der Waals surface area contributed by atoms with Gasteiger partial charge in [0.25, 0.3) is 0 Å². The van der Waals surface area contributed by atoms with Gasteiger partial charge in [0.05, 0.1) is 66.6 Å². The number of fused-ring (bicyclic) bond motifs is 2. The number of carbonyl (C=O) groups excluding carboxylic acids is 1. The van der Waals surface area contributed by atoms with E-state index in [1.54, 1.807) is 33.3 Å². The Bertz CT molecular complexity index is 3650. The van der Waals surface area contributed by atoms with Gasteiger partial charge in [0, 0.05) is 86.8 Å². The standard InChI is InChI=1S/C26H29FN6O4S2.C25H27FN6O4S2/c1-31(26-29-22(16-38-26)17-4-6-19(27)7-5-17)25-21(9-11-24(34)37-2)28-23-10-8-20(30-33(23)25)18-12-14-32(15-13-18)39(3,35)36;1-30(25-28-21(15-37-25)16-3-5-18(26)6-4-16)24-20(8-10-23(33)34)27-22-9-7-19(29-32(22)24)17-11-13-31(14-12-17)38(2,35)36/h4-8,10,16,18H,9,11-15H2,1-3H3;3-7,9,15,17H,8,10-14H2,1-2H3,(H,33,34). The van der Waals surface area contributed by atoms with Crippen LogP contribution in [0.3, 0.4) is 0 Å². The Labute approximate surface area is 451 Å². The van der Waals surface area contributed by atoms with Crippen LogP contribution in [0.15, 0.2) is 83.6 Å². The van der Waals surface area contributed by atoms with Crippen molar-refractivity contribution in [2.45, 2.75) is 63.2 Å². The highest BCUT2D eigenvalue weighted by Gasteiger charge is 2.30. The van der Waals surface area contributed by atoms with Gasteiger partial charge in [-0.1, -0.05) is 0 Å². The van der Waals surface area contributed by atoms with Crippen LogP contribution >= 0.6 is 22.7 Å². The maximum Gasteiger partial charge on any atom is 0.305 e. The monoisotopic (exact) mass is 1130 g/mol. The number of thiazole rings is 2. The van der Waals surface area contributed by atoms with E-state index in [2.05, 4.69) is 4.98 Å². The number of sulfonamides is 2. The number of carbonyl (C=O) groups is 2. The van der Waals surface area contributed by atoms with Gasteiger partial charge in [0.2, 0.25) is 20.0 Å². The van der Waals surface area contributed by atoms with Gasteiger partial charge in [-0.25, -0.2) is 54.2 Å². The Morgan fingerprint density at radius 2 is 1.01 bits per heavy atom. The van der Waals surface area contributed by atoms with E-state index in [1.165, 1.54) is 75.2 Å². The number of aliphatic carboxylic acids is 1. The van der Waals surface area contributed by atoms with Gasteiger partial charge >= 0.3 is 11.9 Å². The molecule has 20 nitrogen and oxygen atoms in total. The normalized spacial score (nSPS) is 15.2. The van der Waals surface area contributed by atoms with E-state index in [0.29, 0.717) is 109 Å². The summed E-state index contributed by atoms with van der Waals surface area (Å²) in [6.45, 7) is 1.79. The van der Waals surface area contributed by atoms with Crippen molar-refractivity contribution in [2.75, 3.05) is 69.7 Å². The summed E-state index contributed by atoms with van der Waals surface area (Å²) in [5, 5.41) is 24.2. The van der Waals surface area contributed by atoms with Crippen molar-refractivity contribution < 1.29 is 45.0 Å². The second kappa shape index (κ2) is 23.0. The van der Waals surface area contributed by atoms with Crippen LogP contribution in [0.1, 0.15) is 73.1 Å². The quantitative estimate of drug-likeness (QED) is 0.0906. The van der Waals surface area contributed by atoms with Gasteiger partial charge in [-0.05, 0) is 98.5 Å². The van der Waals surface area contributed by atoms with Crippen LogP contribution in [0, 0.1) is 11.6 Å². The number of methoxy groups -OCH3 is 1. The van der Waals surface area contributed by atoms with Crippen molar-refractivity contribution in [3.63, 3.8) is 0 Å². The molecule has 10 rings (SSSR count). The van der Waals surface area contributed by atoms with Crippen LogP contribution in [0.2, 0.25) is 0 Å². The molecule has 0 bridgehead atoms. The highest BCUT2D eigenvalue weighted by atomic mass is 32.2. The van der Waals surface area contributed by atoms with E-state index < -0.39 is 26.0 Å². The van der Waals surface area contributed by atoms with Crippen LogP contribution in [-0.2, 0) is 47.2 Å². The summed E-state index contributed by atoms with van der Waals surface area (Å²) in [6, 6.07) is 19.9. The number of aryl methyl sites for hydroxylation is 2. The number of rotatable bonds is 16. The van der Waals surface area contributed by atoms with Crippen molar-refractivity contribution in [2.24, 2.45) is 0 Å². The molecule has 0 amide bonds. The lowest BCUT2D eigenvalue weighted by Crippen LogP contribution is -2.37. The van der Waals surface area contributed by atoms with Crippen LogP contribution in [0.5, 0.6) is 0 Å². The molecular formula is C51H56F2N12O8S4. The number of imidazole rings is 2. The SMILES string of the molecule is CN(c1nc(-c2ccc(F)cc2)cs1)c1c(CCC(=O)O)nc2ccc(C3CCN(S(C)(=O)=O)CC3)nn12.COC(=O)CCc1nc2ccc(C3CCN(S(C)(=O)=O)CC3)nn2c1N(C)c1nc(-c2ccc(F)cc2)cs1. The molecule has 6 aromatic heterocycles. The molecule has 2 fully saturated rings. The van der Waals surface area contributed by atoms with E-state index in [0.717, 1.165) is 28.2 Å². The van der Waals surface area contributed by atoms with Crippen LogP contribution in [0.25, 0.3) is 33.8 Å². The van der Waals surface area contributed by atoms with Gasteiger partial charge < -0.3 is 19.6 Å². The van der Waals surface area contributed by atoms with E-state index in [9.17, 15) is 40.3 Å². The topological polar surface area (TPSA) is 231 Å². The number of carboxylic acids is 1. The maximum atomic E-state index is 13.4. The summed E-state index contributed by atoms with van der Waals surface area (Å²) in [6.07, 6.45) is 5.78. The number of halogens is 2. The zero-order chi connectivity index (χ0) is 54.8. The molecule has 2 aliphatic rings. The molecule has 26 heteroatoms. The molecule has 8 aromatic rings. The van der Waals surface area contributed by atoms with Crippen LogP contribution in [0.4, 0.5) is 30.7 Å². The van der Waals surface area contributed by atoms with Gasteiger partial charge in [0.15, 0.2) is 33.2 Å². The number of esters is 1. The first kappa shape index (κ1) is 54.9. The highest BCUT2D eigenvalue weighted by molar-refractivity contribution is 7.88. The molecule has 8 heterocycles. The third-order valence-corrected chi connectivity index (χ3v) is 18.1. The lowest BCUT2D eigenvalue weighted by Gasteiger charge is -2.29. The number of hydrogen-bond donors (Lipinski definition) is 1. The van der Waals surface area contributed by atoms with Crippen molar-refractivity contribution in [1.82, 2.24) is 47.8 Å². The van der Waals surface area contributed by atoms with Gasteiger partial charge in [-0.2, -0.15) is 19.2 Å². The second-order valence-corrected chi connectivity index (χ2v) is 24.5. The molecule has 406 valence electrons. The van der Waals surface area contributed by atoms with E-state index in [-0.39, 0.29) is 48.7 Å². The first-order chi connectivity index (χ1) is 36.7. The zero-order valence-electron chi connectivity index (χ0n) is 42.8. The van der Waals surface area contributed by atoms with E-state index >= 15 is 0 Å². The van der Waals surface area contributed by atoms with Crippen molar-refractivity contribution >= 4 is 87.9 Å². The Morgan fingerprint density at radius 1 is 0.623 bits per heavy atom. The van der Waals surface area contributed by atoms with E-state index in [4.69, 9.17) is 29.9 Å². The lowest BCUT2D eigenvalue weighted by molar-refractivity contribution is -0.140. The summed E-state index contributed by atoms with van der Waals surface area (Å²) in [5.41, 5.74) is 7.17. The maximum absolute atomic E-state index is 13.4. The summed E-state index contributed by atoms with van der Waals surface area (Å²) < 4.78 is 85.8. The molecule has 77 heavy (non-hydrogen) atoms. The molecule has 2 saturated heterocycles. The third-order valence-electron chi connectivity index (χ3n) is 13.6. The smallest absolute Gasteiger partial charge is 0.305 e. The average Bonchev–Trinajstić information content (AvgIpc) is 4.25. The molecule has 0 atom stereocenters. The lowest BCUT2D eigenvalue weighted by atomic mass is 9.94. The molecule has 2 aromatic carbocycles. The molecule has 0 saturated carbocycles. The minimum absolute atomic E-state index is 0.0831. The number of aromatic nitrogens is 8. The summed E-state index contributed by atoms with van der Waals surface area (Å²) in [7, 11) is -1.38. The summed E-state index contributed by atoms with van der Waals surface area (Å²) >= 11 is 2.84. The van der Waals surface area contributed by atoms with Gasteiger partial charge in [-0.15, -0.1) is 22.7 Å². The summed E-state index contributed by atoms with van der Waals surface area (Å²) in [5.74, 6) is -0.382. The third kappa shape index (κ3) is 12.6. The number of nitrogens with zero attached hydrogens (tertiary/aromatic N) is 12. The summed E-state index contributed by atoms with van der Waals surface area (Å²) in [4.78, 5) is 45.9. The Hall–Kier alpha value is -6.84. The number of ether oxygens (including phenoxy) is 1. The average molecular weight is 1130 g/mol. The molecule has 0 unspecified atom stereocenters. The Kier molecular flexibility index (Phi) is 16.4. The number of piperidine rings is 2. The predicted molar refractivity (Wildman–Crippen MR) is 290 cm³/mol. The van der Waals surface area contributed by atoms with Crippen molar-refractivity contribution in [3.8, 4) is 22.5 Å². The number of benzene rings is 2. The zero-order valence-corrected chi connectivity index (χ0v) is 46.0. The molecule has 1 N–H and O–H groups in total. The predicted octanol–water partition coefficient (Wildman–Crippen LogP) is 7.92. The largest absolute Gasteiger partial charge is 0.481 e. The molecule has 2 aliphatic heterocycles. The minimum atomic E-state index is -3.23. The van der Waals surface area contributed by atoms with E-state index in [1.807, 2.05) is 58.9 Å². The fraction of sp³-hybridized carbons (Fsp3) is 0.373. The number of carboxylic acid groups (broad SMARTS) is 1. The number of anilines is 4. The Morgan fingerprint density at radius 3 is 1.38 bits per heavy atom. The molecule has 0 radical (unpaired) electrons. The van der Waals surface area contributed by atoms with Crippen molar-refractivity contribution in [1.29, 1.82) is 0 Å². The second-order valence-electron chi connectivity index (χ2n) is 18.8. The molecular weight excluding hydrogens is 1070 g/mol. The fourth-order valence-electron chi connectivity index (χ4n) is 9.44. The fourth-order valence-corrected chi connectivity index (χ4v) is 12.8.